The Balaban J connectivity index is 2.35. The van der Waals surface area contributed by atoms with Crippen molar-refractivity contribution in [2.24, 2.45) is 0 Å². The van der Waals surface area contributed by atoms with Gasteiger partial charge in [0.2, 0.25) is 5.91 Å². The first-order valence-corrected chi connectivity index (χ1v) is 6.21. The largest absolute Gasteiger partial charge is 0.331 e. The standard InChI is InChI=1S/C14H18N2O2/c1-10(2)15-8-7-13(17)16(14(15)18)12-6-4-5-11(3)9-12/h4-6,9-10H,7-8H2,1-3H3. The van der Waals surface area contributed by atoms with Crippen molar-refractivity contribution in [1.29, 1.82) is 0 Å². The number of nitrogens with zero attached hydrogens (tertiary/aromatic N) is 2. The Morgan fingerprint density at radius 1 is 1.22 bits per heavy atom. The minimum atomic E-state index is -0.216. The van der Waals surface area contributed by atoms with Crippen LogP contribution in [0.4, 0.5) is 10.5 Å². The van der Waals surface area contributed by atoms with E-state index >= 15 is 0 Å². The molecule has 1 aromatic rings. The summed E-state index contributed by atoms with van der Waals surface area (Å²) in [6, 6.07) is 7.36. The lowest BCUT2D eigenvalue weighted by Gasteiger charge is -2.36. The van der Waals surface area contributed by atoms with Crippen LogP contribution in [0.5, 0.6) is 0 Å². The highest BCUT2D eigenvalue weighted by molar-refractivity contribution is 6.15. The molecule has 0 N–H and O–H groups in total. The summed E-state index contributed by atoms with van der Waals surface area (Å²) in [6.07, 6.45) is 0.387. The molecule has 1 fully saturated rings. The van der Waals surface area contributed by atoms with E-state index in [-0.39, 0.29) is 18.0 Å². The quantitative estimate of drug-likeness (QED) is 0.804. The maximum atomic E-state index is 12.3. The van der Waals surface area contributed by atoms with Crippen LogP contribution in [0.2, 0.25) is 0 Å². The van der Waals surface area contributed by atoms with Crippen molar-refractivity contribution in [3.8, 4) is 0 Å². The van der Waals surface area contributed by atoms with E-state index in [2.05, 4.69) is 0 Å². The van der Waals surface area contributed by atoms with Gasteiger partial charge >= 0.3 is 6.03 Å². The number of anilines is 1. The highest BCUT2D eigenvalue weighted by atomic mass is 16.2. The number of aryl methyl sites for hydroxylation is 1. The van der Waals surface area contributed by atoms with E-state index in [1.54, 1.807) is 11.0 Å². The van der Waals surface area contributed by atoms with Gasteiger partial charge < -0.3 is 4.90 Å². The summed E-state index contributed by atoms with van der Waals surface area (Å²) in [5.41, 5.74) is 1.70. The molecule has 0 radical (unpaired) electrons. The average molecular weight is 246 g/mol. The van der Waals surface area contributed by atoms with E-state index in [0.29, 0.717) is 18.7 Å². The highest BCUT2D eigenvalue weighted by Crippen LogP contribution is 2.23. The van der Waals surface area contributed by atoms with Gasteiger partial charge in [-0.15, -0.1) is 0 Å². The van der Waals surface area contributed by atoms with Gasteiger partial charge in [-0.3, -0.25) is 4.79 Å². The van der Waals surface area contributed by atoms with Crippen molar-refractivity contribution in [2.75, 3.05) is 11.4 Å². The van der Waals surface area contributed by atoms with Crippen molar-refractivity contribution in [3.63, 3.8) is 0 Å². The van der Waals surface area contributed by atoms with Crippen LogP contribution in [0.15, 0.2) is 24.3 Å². The van der Waals surface area contributed by atoms with Crippen LogP contribution in [-0.4, -0.2) is 29.4 Å². The molecule has 0 aromatic heterocycles. The average Bonchev–Trinajstić information content (AvgIpc) is 2.28. The molecule has 1 aliphatic rings. The van der Waals surface area contributed by atoms with Gasteiger partial charge in [0.1, 0.15) is 0 Å². The Bertz CT molecular complexity index is 482. The van der Waals surface area contributed by atoms with E-state index in [4.69, 9.17) is 0 Å². The molecule has 18 heavy (non-hydrogen) atoms. The van der Waals surface area contributed by atoms with Crippen LogP contribution in [0, 0.1) is 6.92 Å². The zero-order valence-electron chi connectivity index (χ0n) is 11.0. The third kappa shape index (κ3) is 2.23. The molecule has 96 valence electrons. The minimum absolute atomic E-state index is 0.109. The summed E-state index contributed by atoms with van der Waals surface area (Å²) >= 11 is 0. The zero-order valence-corrected chi connectivity index (χ0v) is 11.0. The Morgan fingerprint density at radius 3 is 2.56 bits per heavy atom. The van der Waals surface area contributed by atoms with E-state index in [9.17, 15) is 9.59 Å². The Kier molecular flexibility index (Phi) is 3.36. The van der Waals surface area contributed by atoms with Gasteiger partial charge in [0, 0.05) is 19.0 Å². The summed E-state index contributed by atoms with van der Waals surface area (Å²) in [5.74, 6) is -0.123. The molecule has 2 rings (SSSR count). The SMILES string of the molecule is Cc1cccc(N2C(=O)CCN(C(C)C)C2=O)c1. The molecule has 3 amide bonds. The molecule has 0 bridgehead atoms. The van der Waals surface area contributed by atoms with Crippen molar-refractivity contribution < 1.29 is 9.59 Å². The van der Waals surface area contributed by atoms with Crippen molar-refractivity contribution in [2.45, 2.75) is 33.2 Å². The molecule has 1 heterocycles. The Morgan fingerprint density at radius 2 is 1.94 bits per heavy atom. The second-order valence-corrected chi connectivity index (χ2v) is 4.89. The molecule has 4 heteroatoms. The molecule has 0 saturated carbocycles. The maximum Gasteiger partial charge on any atom is 0.331 e. The van der Waals surface area contributed by atoms with Gasteiger partial charge in [0.25, 0.3) is 0 Å². The van der Waals surface area contributed by atoms with Gasteiger partial charge in [0.15, 0.2) is 0 Å². The third-order valence-corrected chi connectivity index (χ3v) is 3.14. The second-order valence-electron chi connectivity index (χ2n) is 4.89. The number of carbonyl (C=O) groups is 2. The van der Waals surface area contributed by atoms with E-state index in [1.165, 1.54) is 4.90 Å². The van der Waals surface area contributed by atoms with E-state index in [1.807, 2.05) is 39.0 Å². The number of carbonyl (C=O) groups excluding carboxylic acids is 2. The number of imide groups is 1. The molecule has 0 atom stereocenters. The number of hydrogen-bond acceptors (Lipinski definition) is 2. The van der Waals surface area contributed by atoms with Crippen molar-refractivity contribution in [3.05, 3.63) is 29.8 Å². The van der Waals surface area contributed by atoms with Crippen LogP contribution in [0.1, 0.15) is 25.8 Å². The maximum absolute atomic E-state index is 12.3. The lowest BCUT2D eigenvalue weighted by atomic mass is 10.1. The number of rotatable bonds is 2. The van der Waals surface area contributed by atoms with Gasteiger partial charge in [-0.1, -0.05) is 12.1 Å². The summed E-state index contributed by atoms with van der Waals surface area (Å²) in [4.78, 5) is 27.3. The Hall–Kier alpha value is -1.84. The molecule has 0 unspecified atom stereocenters. The summed E-state index contributed by atoms with van der Waals surface area (Å²) < 4.78 is 0. The smallest absolute Gasteiger partial charge is 0.321 e. The first-order valence-electron chi connectivity index (χ1n) is 6.21. The van der Waals surface area contributed by atoms with Gasteiger partial charge in [-0.25, -0.2) is 9.69 Å². The molecule has 1 saturated heterocycles. The lowest BCUT2D eigenvalue weighted by molar-refractivity contribution is -0.119. The normalized spacial score (nSPS) is 16.7. The molecule has 0 spiro atoms. The Labute approximate surface area is 107 Å². The summed E-state index contributed by atoms with van der Waals surface area (Å²) in [5, 5.41) is 0. The fraction of sp³-hybridized carbons (Fsp3) is 0.429. The predicted octanol–water partition coefficient (Wildman–Crippen LogP) is 2.56. The molecule has 1 aliphatic heterocycles. The number of hydrogen-bond donors (Lipinski definition) is 0. The zero-order chi connectivity index (χ0) is 13.3. The van der Waals surface area contributed by atoms with Gasteiger partial charge in [-0.2, -0.15) is 0 Å². The van der Waals surface area contributed by atoms with Crippen LogP contribution in [0.25, 0.3) is 0 Å². The highest BCUT2D eigenvalue weighted by Gasteiger charge is 2.34. The van der Waals surface area contributed by atoms with Crippen molar-refractivity contribution >= 4 is 17.6 Å². The molecule has 4 nitrogen and oxygen atoms in total. The fourth-order valence-electron chi connectivity index (χ4n) is 2.16. The number of urea groups is 1. The van der Waals surface area contributed by atoms with Crippen LogP contribution in [0.3, 0.4) is 0 Å². The van der Waals surface area contributed by atoms with Gasteiger partial charge in [-0.05, 0) is 38.5 Å². The lowest BCUT2D eigenvalue weighted by Crippen LogP contribution is -2.54. The summed E-state index contributed by atoms with van der Waals surface area (Å²) in [6.45, 7) is 6.38. The van der Waals surface area contributed by atoms with E-state index < -0.39 is 0 Å². The number of amides is 3. The topological polar surface area (TPSA) is 40.6 Å². The second kappa shape index (κ2) is 4.80. The molecular formula is C14H18N2O2. The monoisotopic (exact) mass is 246 g/mol. The van der Waals surface area contributed by atoms with Crippen LogP contribution in [-0.2, 0) is 4.79 Å². The predicted molar refractivity (Wildman–Crippen MR) is 70.5 cm³/mol. The molecule has 1 aromatic carbocycles. The van der Waals surface area contributed by atoms with Crippen LogP contribution < -0.4 is 4.90 Å². The molecule has 0 aliphatic carbocycles. The first kappa shape index (κ1) is 12.6. The van der Waals surface area contributed by atoms with Crippen LogP contribution >= 0.6 is 0 Å². The molecular weight excluding hydrogens is 228 g/mol. The van der Waals surface area contributed by atoms with Gasteiger partial charge in [0.05, 0.1) is 5.69 Å². The minimum Gasteiger partial charge on any atom is -0.321 e. The van der Waals surface area contributed by atoms with Crippen molar-refractivity contribution in [1.82, 2.24) is 4.90 Å². The third-order valence-electron chi connectivity index (χ3n) is 3.14. The fourth-order valence-corrected chi connectivity index (χ4v) is 2.16. The summed E-state index contributed by atoms with van der Waals surface area (Å²) in [7, 11) is 0. The van der Waals surface area contributed by atoms with E-state index in [0.717, 1.165) is 5.56 Å². The number of benzene rings is 1. The first-order chi connectivity index (χ1) is 8.50.